The van der Waals surface area contributed by atoms with E-state index < -0.39 is 10.8 Å². The quantitative estimate of drug-likeness (QED) is 0.174. The number of fused-ring (bicyclic) bond motifs is 18. The van der Waals surface area contributed by atoms with Crippen LogP contribution in [0.25, 0.3) is 33.4 Å². The number of para-hydroxylation sites is 4. The zero-order valence-electron chi connectivity index (χ0n) is 35.6. The van der Waals surface area contributed by atoms with Crippen LogP contribution < -0.4 is 9.80 Å². The summed E-state index contributed by atoms with van der Waals surface area (Å²) in [5.41, 5.74) is 22.7. The Bertz CT molecular complexity index is 3610. The van der Waals surface area contributed by atoms with E-state index in [0.29, 0.717) is 5.02 Å². The van der Waals surface area contributed by atoms with Crippen molar-refractivity contribution in [2.45, 2.75) is 10.8 Å². The smallest absolute Gasteiger partial charge is 0.0755 e. The minimum Gasteiger partial charge on any atom is -0.310 e. The second kappa shape index (κ2) is 13.9. The van der Waals surface area contributed by atoms with Gasteiger partial charge < -0.3 is 9.80 Å². The molecule has 1 unspecified atom stereocenters. The minimum absolute atomic E-state index is 0.507. The number of hydrogen-bond acceptors (Lipinski definition) is 2. The van der Waals surface area contributed by atoms with E-state index in [4.69, 9.17) is 23.2 Å². The van der Waals surface area contributed by atoms with Gasteiger partial charge in [-0.1, -0.05) is 199 Å². The van der Waals surface area contributed by atoms with Crippen LogP contribution in [0.3, 0.4) is 0 Å². The molecule has 10 aromatic carbocycles. The van der Waals surface area contributed by atoms with Gasteiger partial charge >= 0.3 is 0 Å². The Morgan fingerprint density at radius 2 is 0.773 bits per heavy atom. The molecule has 0 fully saturated rings. The standard InChI is InChI=1S/C62H38Cl2N2/c63-40-34-37-52-58(38-40)65(56-30-12-10-25-50(56)61(52)47-22-7-4-18-44(47)45-19-5-8-23-48(45)61)42-35-32-39(33-36-42)43-21-14-27-53-59(43)46-20-6-9-24-49(46)62(53)51-26-11-13-31-57(51)66(41-16-2-1-3-17-41)60-54(62)28-15-29-55(60)64/h1-38H. The first-order valence-electron chi connectivity index (χ1n) is 22.6. The minimum atomic E-state index is -0.613. The van der Waals surface area contributed by atoms with Crippen molar-refractivity contribution in [3.8, 4) is 33.4 Å². The topological polar surface area (TPSA) is 6.48 Å². The van der Waals surface area contributed by atoms with Crippen LogP contribution in [0.15, 0.2) is 231 Å². The highest BCUT2D eigenvalue weighted by Gasteiger charge is 2.54. The summed E-state index contributed by atoms with van der Waals surface area (Å²) < 4.78 is 0. The average molecular weight is 882 g/mol. The normalized spacial score (nSPS) is 16.2. The van der Waals surface area contributed by atoms with Crippen molar-refractivity contribution in [3.63, 3.8) is 0 Å². The number of anilines is 6. The third kappa shape index (κ3) is 4.77. The molecule has 310 valence electrons. The van der Waals surface area contributed by atoms with Gasteiger partial charge in [-0.2, -0.15) is 0 Å². The van der Waals surface area contributed by atoms with Gasteiger partial charge in [-0.25, -0.2) is 0 Å². The molecule has 0 saturated heterocycles. The van der Waals surface area contributed by atoms with Crippen LogP contribution in [0.4, 0.5) is 34.1 Å². The Morgan fingerprint density at radius 1 is 0.303 bits per heavy atom. The van der Waals surface area contributed by atoms with Crippen LogP contribution in [-0.4, -0.2) is 0 Å². The summed E-state index contributed by atoms with van der Waals surface area (Å²) in [5.74, 6) is 0. The predicted molar refractivity (Wildman–Crippen MR) is 273 cm³/mol. The number of halogens is 2. The molecule has 1 atom stereocenters. The third-order valence-corrected chi connectivity index (χ3v) is 15.3. The highest BCUT2D eigenvalue weighted by atomic mass is 35.5. The zero-order valence-corrected chi connectivity index (χ0v) is 37.1. The molecule has 0 radical (unpaired) electrons. The Kier molecular flexibility index (Phi) is 7.97. The highest BCUT2D eigenvalue weighted by Crippen LogP contribution is 2.66. The molecule has 2 nitrogen and oxygen atoms in total. The largest absolute Gasteiger partial charge is 0.310 e. The van der Waals surface area contributed by atoms with Gasteiger partial charge in [-0.05, 0) is 132 Å². The lowest BCUT2D eigenvalue weighted by atomic mass is 9.64. The molecule has 0 aromatic heterocycles. The SMILES string of the molecule is Clc1ccc2c(c1)N(c1ccc(-c3cccc4c3-c3ccccc3C43c4ccccc4N(c4ccccc4)c4c(Cl)cccc43)cc1)c1ccccc1C21c2ccccc2-c2ccccc21. The fourth-order valence-electron chi connectivity index (χ4n) is 12.4. The Labute approximate surface area is 394 Å². The van der Waals surface area contributed by atoms with Crippen LogP contribution in [0.2, 0.25) is 10.0 Å². The van der Waals surface area contributed by atoms with E-state index in [2.05, 4.69) is 234 Å². The van der Waals surface area contributed by atoms with E-state index >= 15 is 0 Å². The van der Waals surface area contributed by atoms with Crippen LogP contribution in [-0.2, 0) is 10.8 Å². The molecule has 0 amide bonds. The summed E-state index contributed by atoms with van der Waals surface area (Å²) in [6.45, 7) is 0. The van der Waals surface area contributed by atoms with Gasteiger partial charge in [0.05, 0.1) is 38.6 Å². The molecule has 2 aliphatic carbocycles. The zero-order chi connectivity index (χ0) is 43.7. The number of nitrogens with zero attached hydrogens (tertiary/aromatic N) is 2. The van der Waals surface area contributed by atoms with Gasteiger partial charge in [0.25, 0.3) is 0 Å². The fourth-order valence-corrected chi connectivity index (χ4v) is 12.9. The summed E-state index contributed by atoms with van der Waals surface area (Å²) in [7, 11) is 0. The van der Waals surface area contributed by atoms with Crippen molar-refractivity contribution >= 4 is 57.3 Å². The van der Waals surface area contributed by atoms with Crippen LogP contribution >= 0.6 is 23.2 Å². The van der Waals surface area contributed by atoms with E-state index in [1.807, 2.05) is 6.07 Å². The summed E-state index contributed by atoms with van der Waals surface area (Å²) >= 11 is 14.4. The lowest BCUT2D eigenvalue weighted by Gasteiger charge is -2.45. The maximum atomic E-state index is 7.37. The van der Waals surface area contributed by atoms with Gasteiger partial charge in [0.1, 0.15) is 0 Å². The van der Waals surface area contributed by atoms with Crippen molar-refractivity contribution in [2.24, 2.45) is 0 Å². The van der Waals surface area contributed by atoms with Crippen molar-refractivity contribution in [2.75, 3.05) is 9.80 Å². The Balaban J connectivity index is 0.958. The number of rotatable bonds is 3. The first kappa shape index (κ1) is 37.7. The summed E-state index contributed by atoms with van der Waals surface area (Å²) in [4.78, 5) is 4.75. The lowest BCUT2D eigenvalue weighted by molar-refractivity contribution is 0.752. The van der Waals surface area contributed by atoms with Crippen molar-refractivity contribution in [1.82, 2.24) is 0 Å². The third-order valence-electron chi connectivity index (χ3n) is 14.8. The Hall–Kier alpha value is -7.62. The maximum absolute atomic E-state index is 7.37. The van der Waals surface area contributed by atoms with Crippen LogP contribution in [0, 0.1) is 0 Å². The second-order valence-corrected chi connectivity index (χ2v) is 18.6. The van der Waals surface area contributed by atoms with E-state index in [9.17, 15) is 0 Å². The van der Waals surface area contributed by atoms with Gasteiger partial charge in [-0.3, -0.25) is 0 Å². The molecule has 0 saturated carbocycles. The first-order valence-corrected chi connectivity index (χ1v) is 23.3. The number of benzene rings is 10. The molecule has 0 bridgehead atoms. The molecule has 66 heavy (non-hydrogen) atoms. The van der Waals surface area contributed by atoms with Crippen LogP contribution in [0.5, 0.6) is 0 Å². The van der Waals surface area contributed by atoms with Gasteiger partial charge in [0.2, 0.25) is 0 Å². The molecular weight excluding hydrogens is 844 g/mol. The average Bonchev–Trinajstić information content (AvgIpc) is 3.84. The van der Waals surface area contributed by atoms with E-state index in [1.165, 1.54) is 72.3 Å². The molecular formula is C62H38Cl2N2. The molecule has 0 N–H and O–H groups in total. The molecule has 2 heterocycles. The monoisotopic (exact) mass is 880 g/mol. The van der Waals surface area contributed by atoms with Gasteiger partial charge in [0.15, 0.2) is 0 Å². The van der Waals surface area contributed by atoms with E-state index in [-0.39, 0.29) is 0 Å². The van der Waals surface area contributed by atoms with Crippen LogP contribution in [0.1, 0.15) is 44.5 Å². The highest BCUT2D eigenvalue weighted by molar-refractivity contribution is 6.34. The first-order chi connectivity index (χ1) is 32.6. The summed E-state index contributed by atoms with van der Waals surface area (Å²) in [5, 5.41) is 1.42. The molecule has 10 aromatic rings. The van der Waals surface area contributed by atoms with Gasteiger partial charge in [-0.15, -0.1) is 0 Å². The molecule has 4 aliphatic rings. The molecule has 14 rings (SSSR count). The Morgan fingerprint density at radius 3 is 1.45 bits per heavy atom. The number of hydrogen-bond donors (Lipinski definition) is 0. The summed E-state index contributed by atoms with van der Waals surface area (Å²) in [6, 6.07) is 84.1. The van der Waals surface area contributed by atoms with Crippen molar-refractivity contribution in [3.05, 3.63) is 285 Å². The van der Waals surface area contributed by atoms with E-state index in [1.54, 1.807) is 0 Å². The summed E-state index contributed by atoms with van der Waals surface area (Å²) in [6.07, 6.45) is 0. The van der Waals surface area contributed by atoms with Crippen molar-refractivity contribution in [1.29, 1.82) is 0 Å². The molecule has 2 aliphatic heterocycles. The second-order valence-electron chi connectivity index (χ2n) is 17.7. The lowest BCUT2D eigenvalue weighted by Crippen LogP contribution is -2.36. The maximum Gasteiger partial charge on any atom is 0.0755 e. The van der Waals surface area contributed by atoms with Crippen molar-refractivity contribution < 1.29 is 0 Å². The molecule has 4 heteroatoms. The van der Waals surface area contributed by atoms with E-state index in [0.717, 1.165) is 44.7 Å². The molecule has 2 spiro atoms. The predicted octanol–water partition coefficient (Wildman–Crippen LogP) is 17.0. The fraction of sp³-hybridized carbons (Fsp3) is 0.0323. The van der Waals surface area contributed by atoms with Gasteiger partial charge in [0, 0.05) is 16.4 Å².